The molecular weight excluding hydrogens is 139 g/mol. The first-order valence-corrected chi connectivity index (χ1v) is 4.25. The highest BCUT2D eigenvalue weighted by Gasteiger charge is 2.08. The minimum absolute atomic E-state index is 0.00458. The molecule has 0 bridgehead atoms. The quantitative estimate of drug-likeness (QED) is 0.570. The number of allylic oxidation sites excluding steroid dienone is 4. The Labute approximate surface area is 67.8 Å². The van der Waals surface area contributed by atoms with Gasteiger partial charge in [0.25, 0.3) is 0 Å². The van der Waals surface area contributed by atoms with E-state index in [2.05, 4.69) is 13.8 Å². The topological polar surface area (TPSA) is 0 Å². The maximum Gasteiger partial charge on any atom is 0.122 e. The Morgan fingerprint density at radius 2 is 2.00 bits per heavy atom. The van der Waals surface area contributed by atoms with Crippen LogP contribution in [-0.2, 0) is 0 Å². The number of halogens is 1. The SMILES string of the molecule is CC(C)CC1=CCCC=C1F. The van der Waals surface area contributed by atoms with E-state index in [9.17, 15) is 4.39 Å². The molecule has 62 valence electrons. The van der Waals surface area contributed by atoms with E-state index < -0.39 is 0 Å². The molecule has 0 aromatic carbocycles. The van der Waals surface area contributed by atoms with Crippen LogP contribution in [0.15, 0.2) is 23.6 Å². The van der Waals surface area contributed by atoms with Gasteiger partial charge >= 0.3 is 0 Å². The Morgan fingerprint density at radius 3 is 2.55 bits per heavy atom. The zero-order chi connectivity index (χ0) is 8.27. The Balaban J connectivity index is 2.56. The third-order valence-electron chi connectivity index (χ3n) is 1.82. The van der Waals surface area contributed by atoms with Crippen LogP contribution in [0.1, 0.15) is 33.1 Å². The summed E-state index contributed by atoms with van der Waals surface area (Å²) in [5.41, 5.74) is 0.909. The van der Waals surface area contributed by atoms with E-state index in [1.54, 1.807) is 6.08 Å². The molecule has 1 aliphatic carbocycles. The molecule has 1 heteroatoms. The predicted molar refractivity (Wildman–Crippen MR) is 46.0 cm³/mol. The molecule has 0 nitrogen and oxygen atoms in total. The molecule has 0 saturated heterocycles. The maximum atomic E-state index is 13.0. The molecule has 0 aromatic rings. The average Bonchev–Trinajstić information content (AvgIpc) is 1.93. The summed E-state index contributed by atoms with van der Waals surface area (Å²) in [5.74, 6) is 0.559. The van der Waals surface area contributed by atoms with Crippen LogP contribution >= 0.6 is 0 Å². The maximum absolute atomic E-state index is 13.0. The normalized spacial score (nSPS) is 18.2. The van der Waals surface area contributed by atoms with Crippen LogP contribution in [0, 0.1) is 5.92 Å². The Morgan fingerprint density at radius 1 is 1.36 bits per heavy atom. The van der Waals surface area contributed by atoms with Crippen molar-refractivity contribution in [2.24, 2.45) is 5.92 Å². The van der Waals surface area contributed by atoms with Gasteiger partial charge in [0.15, 0.2) is 0 Å². The summed E-state index contributed by atoms with van der Waals surface area (Å²) in [6, 6.07) is 0. The lowest BCUT2D eigenvalue weighted by molar-refractivity contribution is 0.576. The summed E-state index contributed by atoms with van der Waals surface area (Å²) < 4.78 is 13.0. The van der Waals surface area contributed by atoms with Gasteiger partial charge in [0.2, 0.25) is 0 Å². The van der Waals surface area contributed by atoms with E-state index in [0.717, 1.165) is 24.8 Å². The van der Waals surface area contributed by atoms with Crippen molar-refractivity contribution in [3.05, 3.63) is 23.6 Å². The first-order chi connectivity index (χ1) is 5.20. The average molecular weight is 154 g/mol. The lowest BCUT2D eigenvalue weighted by Gasteiger charge is -2.11. The van der Waals surface area contributed by atoms with E-state index in [4.69, 9.17) is 0 Å². The van der Waals surface area contributed by atoms with Gasteiger partial charge in [0.1, 0.15) is 5.83 Å². The van der Waals surface area contributed by atoms with Gasteiger partial charge in [0.05, 0.1) is 0 Å². The van der Waals surface area contributed by atoms with Crippen LogP contribution in [0.3, 0.4) is 0 Å². The smallest absolute Gasteiger partial charge is 0.122 e. The minimum atomic E-state index is 0.00458. The van der Waals surface area contributed by atoms with Crippen LogP contribution in [0.5, 0.6) is 0 Å². The molecule has 1 aliphatic rings. The fraction of sp³-hybridized carbons (Fsp3) is 0.600. The van der Waals surface area contributed by atoms with Crippen molar-refractivity contribution in [1.82, 2.24) is 0 Å². The molecule has 0 atom stereocenters. The second-order valence-electron chi connectivity index (χ2n) is 3.46. The molecule has 0 N–H and O–H groups in total. The van der Waals surface area contributed by atoms with E-state index >= 15 is 0 Å². The second-order valence-corrected chi connectivity index (χ2v) is 3.46. The molecule has 1 rings (SSSR count). The molecule has 0 spiro atoms. The Bertz CT molecular complexity index is 187. The fourth-order valence-corrected chi connectivity index (χ4v) is 1.32. The Kier molecular flexibility index (Phi) is 2.86. The van der Waals surface area contributed by atoms with Gasteiger partial charge in [-0.2, -0.15) is 0 Å². The molecule has 0 amide bonds. The van der Waals surface area contributed by atoms with Crippen molar-refractivity contribution < 1.29 is 4.39 Å². The third kappa shape index (κ3) is 2.49. The molecule has 0 saturated carbocycles. The number of hydrogen-bond acceptors (Lipinski definition) is 0. The predicted octanol–water partition coefficient (Wildman–Crippen LogP) is 3.61. The molecule has 0 heterocycles. The number of rotatable bonds is 2. The van der Waals surface area contributed by atoms with Gasteiger partial charge in [-0.3, -0.25) is 0 Å². The van der Waals surface area contributed by atoms with Gasteiger partial charge in [-0.25, -0.2) is 4.39 Å². The van der Waals surface area contributed by atoms with E-state index in [0.29, 0.717) is 5.92 Å². The third-order valence-corrected chi connectivity index (χ3v) is 1.82. The van der Waals surface area contributed by atoms with Crippen molar-refractivity contribution in [3.8, 4) is 0 Å². The summed E-state index contributed by atoms with van der Waals surface area (Å²) in [6.45, 7) is 4.23. The van der Waals surface area contributed by atoms with Gasteiger partial charge < -0.3 is 0 Å². The zero-order valence-electron chi connectivity index (χ0n) is 7.23. The van der Waals surface area contributed by atoms with E-state index in [1.807, 2.05) is 6.08 Å². The van der Waals surface area contributed by atoms with E-state index in [1.165, 1.54) is 0 Å². The van der Waals surface area contributed by atoms with Crippen molar-refractivity contribution in [2.45, 2.75) is 33.1 Å². The fourth-order valence-electron chi connectivity index (χ4n) is 1.32. The lowest BCUT2D eigenvalue weighted by Crippen LogP contribution is -1.95. The van der Waals surface area contributed by atoms with Crippen LogP contribution in [0.25, 0.3) is 0 Å². The summed E-state index contributed by atoms with van der Waals surface area (Å²) in [4.78, 5) is 0. The van der Waals surface area contributed by atoms with E-state index in [-0.39, 0.29) is 5.83 Å². The lowest BCUT2D eigenvalue weighted by atomic mass is 9.97. The van der Waals surface area contributed by atoms with Crippen LogP contribution < -0.4 is 0 Å². The molecule has 11 heavy (non-hydrogen) atoms. The highest BCUT2D eigenvalue weighted by atomic mass is 19.1. The van der Waals surface area contributed by atoms with Crippen molar-refractivity contribution in [2.75, 3.05) is 0 Å². The van der Waals surface area contributed by atoms with Crippen LogP contribution in [0.4, 0.5) is 4.39 Å². The van der Waals surface area contributed by atoms with Gasteiger partial charge in [-0.05, 0) is 36.8 Å². The monoisotopic (exact) mass is 154 g/mol. The van der Waals surface area contributed by atoms with Gasteiger partial charge in [0, 0.05) is 0 Å². The largest absolute Gasteiger partial charge is 0.207 e. The summed E-state index contributed by atoms with van der Waals surface area (Å²) in [7, 11) is 0. The summed E-state index contributed by atoms with van der Waals surface area (Å²) >= 11 is 0. The van der Waals surface area contributed by atoms with Crippen molar-refractivity contribution in [1.29, 1.82) is 0 Å². The van der Waals surface area contributed by atoms with Crippen LogP contribution in [0.2, 0.25) is 0 Å². The molecule has 0 aliphatic heterocycles. The molecular formula is C10H15F. The highest BCUT2D eigenvalue weighted by Crippen LogP contribution is 2.25. The van der Waals surface area contributed by atoms with Crippen LogP contribution in [-0.4, -0.2) is 0 Å². The minimum Gasteiger partial charge on any atom is -0.207 e. The van der Waals surface area contributed by atoms with Gasteiger partial charge in [-0.1, -0.05) is 19.9 Å². The molecule has 0 aromatic heterocycles. The standard InChI is InChI=1S/C10H15F/c1-8(2)7-9-5-3-4-6-10(9)11/h5-6,8H,3-4,7H2,1-2H3. The van der Waals surface area contributed by atoms with Crippen molar-refractivity contribution >= 4 is 0 Å². The van der Waals surface area contributed by atoms with Gasteiger partial charge in [-0.15, -0.1) is 0 Å². The highest BCUT2D eigenvalue weighted by molar-refractivity contribution is 5.28. The first kappa shape index (κ1) is 8.51. The molecule has 0 unspecified atom stereocenters. The number of hydrogen-bond donors (Lipinski definition) is 0. The first-order valence-electron chi connectivity index (χ1n) is 4.25. The summed E-state index contributed by atoms with van der Waals surface area (Å²) in [6.07, 6.45) is 6.47. The Hall–Kier alpha value is -0.590. The zero-order valence-corrected chi connectivity index (χ0v) is 7.23. The molecule has 0 radical (unpaired) electrons. The molecule has 0 fully saturated rings. The summed E-state index contributed by atoms with van der Waals surface area (Å²) in [5, 5.41) is 0. The van der Waals surface area contributed by atoms with Crippen molar-refractivity contribution in [3.63, 3.8) is 0 Å². The second kappa shape index (κ2) is 3.70.